The molecular weight excluding hydrogens is 292 g/mol. The average molecular weight is 306 g/mol. The number of aliphatic imine (C=N–C) groups is 1. The molecule has 0 unspecified atom stereocenters. The topological polar surface area (TPSA) is 77.3 Å². The molecule has 0 atom stereocenters. The second-order valence-electron chi connectivity index (χ2n) is 5.50. The molecule has 2 aliphatic heterocycles. The van der Waals surface area contributed by atoms with Gasteiger partial charge in [-0.2, -0.15) is 0 Å². The molecule has 2 aliphatic rings. The highest BCUT2D eigenvalue weighted by molar-refractivity contribution is 6.13. The molecule has 0 bridgehead atoms. The first-order chi connectivity index (χ1) is 11.2. The molecule has 6 nitrogen and oxygen atoms in total. The molecule has 23 heavy (non-hydrogen) atoms. The fourth-order valence-corrected chi connectivity index (χ4v) is 2.89. The molecule has 1 amide bonds. The molecule has 0 radical (unpaired) electrons. The van der Waals surface area contributed by atoms with E-state index >= 15 is 0 Å². The largest absolute Gasteiger partial charge is 0.410 e. The van der Waals surface area contributed by atoms with E-state index in [2.05, 4.69) is 15.5 Å². The lowest BCUT2D eigenvalue weighted by molar-refractivity contribution is -0.118. The fraction of sp³-hybridized carbons (Fsp3) is 0.118. The van der Waals surface area contributed by atoms with Crippen molar-refractivity contribution in [2.24, 2.45) is 10.1 Å². The number of rotatable bonds is 2. The Morgan fingerprint density at radius 3 is 2.74 bits per heavy atom. The molecule has 0 aromatic heterocycles. The maximum absolute atomic E-state index is 11.5. The number of amides is 1. The van der Waals surface area contributed by atoms with Crippen molar-refractivity contribution in [3.05, 3.63) is 65.2 Å². The number of nitrogens with one attached hydrogen (secondary N) is 1. The fourth-order valence-electron chi connectivity index (χ4n) is 2.89. The highest BCUT2D eigenvalue weighted by atomic mass is 16.4. The van der Waals surface area contributed by atoms with Crippen LogP contribution in [0.2, 0.25) is 0 Å². The third kappa shape index (κ3) is 2.34. The number of benzene rings is 2. The molecule has 1 fully saturated rings. The Balaban J connectivity index is 1.72. The number of hydrogen-bond donors (Lipinski definition) is 2. The summed E-state index contributed by atoms with van der Waals surface area (Å²) in [6, 6.07) is 15.2. The molecule has 4 rings (SSSR count). The highest BCUT2D eigenvalue weighted by Gasteiger charge is 2.29. The molecule has 6 heteroatoms. The van der Waals surface area contributed by atoms with E-state index in [0.29, 0.717) is 24.8 Å². The van der Waals surface area contributed by atoms with Crippen LogP contribution in [0.15, 0.2) is 58.7 Å². The van der Waals surface area contributed by atoms with Crippen molar-refractivity contribution in [1.29, 1.82) is 0 Å². The van der Waals surface area contributed by atoms with E-state index in [4.69, 9.17) is 0 Å². The zero-order valence-electron chi connectivity index (χ0n) is 12.2. The van der Waals surface area contributed by atoms with Gasteiger partial charge in [-0.05, 0) is 17.7 Å². The van der Waals surface area contributed by atoms with E-state index in [-0.39, 0.29) is 5.91 Å². The summed E-state index contributed by atoms with van der Waals surface area (Å²) in [7, 11) is 0. The number of fused-ring (bicyclic) bond motifs is 2. The minimum atomic E-state index is -0.0429. The maximum Gasteiger partial charge on any atom is 0.246 e. The van der Waals surface area contributed by atoms with Crippen molar-refractivity contribution in [3.63, 3.8) is 0 Å². The zero-order valence-corrected chi connectivity index (χ0v) is 12.2. The zero-order chi connectivity index (χ0) is 15.8. The van der Waals surface area contributed by atoms with Gasteiger partial charge in [-0.15, -0.1) is 0 Å². The number of oxime groups is 1. The minimum absolute atomic E-state index is 0.0429. The van der Waals surface area contributed by atoms with Crippen LogP contribution in [0.1, 0.15) is 16.7 Å². The monoisotopic (exact) mass is 306 g/mol. The summed E-state index contributed by atoms with van der Waals surface area (Å²) in [5.41, 5.74) is 3.99. The van der Waals surface area contributed by atoms with Crippen molar-refractivity contribution in [3.8, 4) is 0 Å². The molecule has 2 aromatic carbocycles. The van der Waals surface area contributed by atoms with Crippen LogP contribution in [0.25, 0.3) is 0 Å². The van der Waals surface area contributed by atoms with Gasteiger partial charge in [-0.1, -0.05) is 41.6 Å². The minimum Gasteiger partial charge on any atom is -0.410 e. The van der Waals surface area contributed by atoms with Crippen LogP contribution in [0.5, 0.6) is 0 Å². The van der Waals surface area contributed by atoms with Gasteiger partial charge < -0.3 is 10.1 Å². The number of guanidine groups is 1. The second-order valence-corrected chi connectivity index (χ2v) is 5.50. The van der Waals surface area contributed by atoms with E-state index in [0.717, 1.165) is 22.4 Å². The Labute approximate surface area is 132 Å². The predicted octanol–water partition coefficient (Wildman–Crippen LogP) is 1.85. The van der Waals surface area contributed by atoms with Gasteiger partial charge >= 0.3 is 0 Å². The summed E-state index contributed by atoms with van der Waals surface area (Å²) in [5, 5.41) is 15.6. The first-order valence-electron chi connectivity index (χ1n) is 7.29. The van der Waals surface area contributed by atoms with Gasteiger partial charge in [-0.3, -0.25) is 10.1 Å². The molecule has 2 heterocycles. The SMILES string of the molecule is O=C1CN2Cc3cc(C(=NO)c4ccccc4)ccc3N=C2N1. The van der Waals surface area contributed by atoms with Crippen molar-refractivity contribution in [2.45, 2.75) is 6.54 Å². The molecule has 2 N–H and O–H groups in total. The molecular formula is C17H14N4O2. The average Bonchev–Trinajstić information content (AvgIpc) is 2.93. The molecule has 0 saturated carbocycles. The van der Waals surface area contributed by atoms with Gasteiger partial charge in [0, 0.05) is 17.7 Å². The van der Waals surface area contributed by atoms with Gasteiger partial charge in [0.2, 0.25) is 11.9 Å². The van der Waals surface area contributed by atoms with Crippen molar-refractivity contribution < 1.29 is 10.0 Å². The lowest BCUT2D eigenvalue weighted by Crippen LogP contribution is -2.32. The number of hydrogen-bond acceptors (Lipinski definition) is 5. The molecule has 0 spiro atoms. The molecule has 0 aliphatic carbocycles. The predicted molar refractivity (Wildman–Crippen MR) is 86.0 cm³/mol. The van der Waals surface area contributed by atoms with E-state index in [1.807, 2.05) is 53.4 Å². The van der Waals surface area contributed by atoms with E-state index in [1.54, 1.807) is 0 Å². The van der Waals surface area contributed by atoms with Crippen LogP contribution in [0.3, 0.4) is 0 Å². The van der Waals surface area contributed by atoms with Crippen molar-refractivity contribution in [1.82, 2.24) is 10.2 Å². The van der Waals surface area contributed by atoms with Crippen LogP contribution < -0.4 is 5.32 Å². The van der Waals surface area contributed by atoms with Gasteiger partial charge in [0.05, 0.1) is 5.69 Å². The summed E-state index contributed by atoms with van der Waals surface area (Å²) in [5.74, 6) is 0.563. The quantitative estimate of drug-likeness (QED) is 0.505. The normalized spacial score (nSPS) is 16.5. The third-order valence-corrected chi connectivity index (χ3v) is 3.97. The van der Waals surface area contributed by atoms with Gasteiger partial charge in [0.25, 0.3) is 0 Å². The standard InChI is InChI=1S/C17H14N4O2/c22-15-10-21-9-13-8-12(6-7-14(13)18-17(21)19-15)16(20-23)11-4-2-1-3-5-11/h1-8,23H,9-10H2,(H,18,19,22). The highest BCUT2D eigenvalue weighted by Crippen LogP contribution is 2.28. The Morgan fingerprint density at radius 1 is 1.13 bits per heavy atom. The summed E-state index contributed by atoms with van der Waals surface area (Å²) >= 11 is 0. The lowest BCUT2D eigenvalue weighted by Gasteiger charge is -2.23. The number of carbonyl (C=O) groups excluding carboxylic acids is 1. The summed E-state index contributed by atoms with van der Waals surface area (Å²) < 4.78 is 0. The van der Waals surface area contributed by atoms with Gasteiger partial charge in [-0.25, -0.2) is 4.99 Å². The Morgan fingerprint density at radius 2 is 1.96 bits per heavy atom. The Kier molecular flexibility index (Phi) is 3.08. The summed E-state index contributed by atoms with van der Waals surface area (Å²) in [4.78, 5) is 17.8. The Bertz CT molecular complexity index is 843. The maximum atomic E-state index is 11.5. The van der Waals surface area contributed by atoms with E-state index in [1.165, 1.54) is 0 Å². The van der Waals surface area contributed by atoms with Crippen LogP contribution in [-0.4, -0.2) is 34.2 Å². The smallest absolute Gasteiger partial charge is 0.246 e. The molecule has 1 saturated heterocycles. The van der Waals surface area contributed by atoms with E-state index in [9.17, 15) is 10.0 Å². The first-order valence-corrected chi connectivity index (χ1v) is 7.29. The van der Waals surface area contributed by atoms with Crippen LogP contribution in [-0.2, 0) is 11.3 Å². The van der Waals surface area contributed by atoms with Crippen molar-refractivity contribution in [2.75, 3.05) is 6.54 Å². The van der Waals surface area contributed by atoms with Gasteiger partial charge in [0.15, 0.2) is 0 Å². The molecule has 114 valence electrons. The molecule has 2 aromatic rings. The lowest BCUT2D eigenvalue weighted by atomic mass is 9.99. The van der Waals surface area contributed by atoms with E-state index < -0.39 is 0 Å². The first kappa shape index (κ1) is 13.5. The third-order valence-electron chi connectivity index (χ3n) is 3.97. The number of nitrogens with zero attached hydrogens (tertiary/aromatic N) is 3. The van der Waals surface area contributed by atoms with Crippen LogP contribution in [0, 0.1) is 0 Å². The summed E-state index contributed by atoms with van der Waals surface area (Å²) in [6.45, 7) is 0.927. The van der Waals surface area contributed by atoms with Crippen molar-refractivity contribution >= 4 is 23.3 Å². The summed E-state index contributed by atoms with van der Waals surface area (Å²) in [6.07, 6.45) is 0. The van der Waals surface area contributed by atoms with Crippen LogP contribution >= 0.6 is 0 Å². The number of carbonyl (C=O) groups is 1. The Hall–Kier alpha value is -3.15. The van der Waals surface area contributed by atoms with Crippen LogP contribution in [0.4, 0.5) is 5.69 Å². The second kappa shape index (κ2) is 5.24. The van der Waals surface area contributed by atoms with Gasteiger partial charge in [0.1, 0.15) is 12.3 Å².